The lowest BCUT2D eigenvalue weighted by Crippen LogP contribution is -2.35. The van der Waals surface area contributed by atoms with Crippen LogP contribution in [0, 0.1) is 18.2 Å². The molecule has 0 unspecified atom stereocenters. The molecule has 0 radical (unpaired) electrons. The van der Waals surface area contributed by atoms with E-state index in [0.29, 0.717) is 6.54 Å². The van der Waals surface area contributed by atoms with Gasteiger partial charge in [-0.2, -0.15) is 13.2 Å². The fourth-order valence-electron chi connectivity index (χ4n) is 3.42. The number of hydrogen-bond donors (Lipinski definition) is 3. The molecule has 0 bridgehead atoms. The van der Waals surface area contributed by atoms with Crippen molar-refractivity contribution in [2.45, 2.75) is 52.8 Å². The minimum atomic E-state index is -4.65. The first-order chi connectivity index (χ1) is 16.6. The lowest BCUT2D eigenvalue weighted by Gasteiger charge is -2.19. The normalized spacial score (nSPS) is 13.8. The van der Waals surface area contributed by atoms with Crippen molar-refractivity contribution in [1.29, 1.82) is 0 Å². The van der Waals surface area contributed by atoms with E-state index in [1.54, 1.807) is 0 Å². The van der Waals surface area contributed by atoms with Gasteiger partial charge in [-0.25, -0.2) is 4.39 Å². The highest BCUT2D eigenvalue weighted by molar-refractivity contribution is 6.05. The highest BCUT2D eigenvalue weighted by atomic mass is 19.4. The Labute approximate surface area is 206 Å². The smallest absolute Gasteiger partial charge is 0.352 e. The van der Waals surface area contributed by atoms with Crippen LogP contribution in [0.25, 0.3) is 11.1 Å². The van der Waals surface area contributed by atoms with Crippen LogP contribution in [0.4, 0.5) is 17.6 Å². The molecule has 1 fully saturated rings. The maximum atomic E-state index is 14.8. The summed E-state index contributed by atoms with van der Waals surface area (Å²) in [7, 11) is 0. The van der Waals surface area contributed by atoms with Gasteiger partial charge >= 0.3 is 6.18 Å². The average Bonchev–Trinajstić information content (AvgIpc) is 3.60. The van der Waals surface area contributed by atoms with Gasteiger partial charge in [0, 0.05) is 29.3 Å². The highest BCUT2D eigenvalue weighted by Gasteiger charge is 2.29. The Kier molecular flexibility index (Phi) is 7.76. The Morgan fingerprint density at radius 2 is 1.50 bits per heavy atom. The minimum Gasteiger partial charge on any atom is -0.352 e. The number of hydrogen-bond acceptors (Lipinski definition) is 3. The Morgan fingerprint density at radius 1 is 0.861 bits per heavy atom. The van der Waals surface area contributed by atoms with E-state index in [4.69, 9.17) is 0 Å². The van der Waals surface area contributed by atoms with E-state index >= 15 is 0 Å². The Balaban J connectivity index is 2.05. The first-order valence-corrected chi connectivity index (χ1v) is 11.5. The van der Waals surface area contributed by atoms with Crippen molar-refractivity contribution in [3.63, 3.8) is 0 Å². The van der Waals surface area contributed by atoms with Crippen LogP contribution in [0.1, 0.15) is 70.3 Å². The molecule has 1 aliphatic rings. The van der Waals surface area contributed by atoms with Crippen molar-refractivity contribution >= 4 is 17.7 Å². The lowest BCUT2D eigenvalue weighted by atomic mass is 9.91. The Hall–Kier alpha value is -3.43. The standard InChI is InChI=1S/C26H29F4N3O3/c1-14-19(10-16(11-21(14)27)23(35)33-17-6-7-17)18-8-5-15(22(34)31-12-25(2,3)4)9-20(18)24(36)32-13-26(28,29)30/h5,8-11,17H,6-7,12-13H2,1-4H3,(H,31,34)(H,32,36)(H,33,35). The van der Waals surface area contributed by atoms with Gasteiger partial charge in [-0.1, -0.05) is 26.8 Å². The summed E-state index contributed by atoms with van der Waals surface area (Å²) in [5.74, 6) is -2.79. The van der Waals surface area contributed by atoms with Crippen LogP contribution >= 0.6 is 0 Å². The number of carbonyl (C=O) groups excluding carboxylic acids is 3. The summed E-state index contributed by atoms with van der Waals surface area (Å²) < 4.78 is 53.1. The maximum absolute atomic E-state index is 14.8. The first-order valence-electron chi connectivity index (χ1n) is 11.5. The zero-order valence-corrected chi connectivity index (χ0v) is 20.5. The minimum absolute atomic E-state index is 0.0219. The summed E-state index contributed by atoms with van der Waals surface area (Å²) in [4.78, 5) is 38.0. The number of halogens is 4. The van der Waals surface area contributed by atoms with E-state index in [0.717, 1.165) is 18.9 Å². The molecule has 36 heavy (non-hydrogen) atoms. The van der Waals surface area contributed by atoms with Crippen LogP contribution in [-0.2, 0) is 0 Å². The first kappa shape index (κ1) is 27.2. The molecule has 0 saturated heterocycles. The van der Waals surface area contributed by atoms with Crippen LogP contribution in [0.3, 0.4) is 0 Å². The molecule has 0 aromatic heterocycles. The predicted molar refractivity (Wildman–Crippen MR) is 127 cm³/mol. The van der Waals surface area contributed by atoms with E-state index in [1.807, 2.05) is 26.1 Å². The summed E-state index contributed by atoms with van der Waals surface area (Å²) in [6.07, 6.45) is -3.00. The van der Waals surface area contributed by atoms with Crippen molar-refractivity contribution in [3.8, 4) is 11.1 Å². The second-order valence-corrected chi connectivity index (χ2v) is 10.2. The molecule has 6 nitrogen and oxygen atoms in total. The van der Waals surface area contributed by atoms with Crippen molar-refractivity contribution < 1.29 is 31.9 Å². The van der Waals surface area contributed by atoms with Crippen LogP contribution in [0.15, 0.2) is 30.3 Å². The zero-order chi connectivity index (χ0) is 26.8. The highest BCUT2D eigenvalue weighted by Crippen LogP contribution is 2.31. The molecular weight excluding hydrogens is 478 g/mol. The molecule has 0 spiro atoms. The van der Waals surface area contributed by atoms with Gasteiger partial charge in [0.05, 0.1) is 0 Å². The van der Waals surface area contributed by atoms with Gasteiger partial charge in [0.2, 0.25) is 0 Å². The molecule has 3 rings (SSSR count). The maximum Gasteiger partial charge on any atom is 0.405 e. The molecule has 2 aromatic rings. The SMILES string of the molecule is Cc1c(F)cc(C(=O)NC2CC2)cc1-c1ccc(C(=O)NCC(C)(C)C)cc1C(=O)NCC(F)(F)F. The number of amides is 3. The fourth-order valence-corrected chi connectivity index (χ4v) is 3.42. The van der Waals surface area contributed by atoms with E-state index in [2.05, 4.69) is 10.6 Å². The zero-order valence-electron chi connectivity index (χ0n) is 20.5. The third-order valence-corrected chi connectivity index (χ3v) is 5.56. The second-order valence-electron chi connectivity index (χ2n) is 10.2. The number of nitrogens with one attached hydrogen (secondary N) is 3. The molecule has 10 heteroatoms. The van der Waals surface area contributed by atoms with Gasteiger partial charge in [0.25, 0.3) is 17.7 Å². The van der Waals surface area contributed by atoms with Crippen molar-refractivity contribution in [3.05, 3.63) is 58.4 Å². The van der Waals surface area contributed by atoms with Gasteiger partial charge in [-0.15, -0.1) is 0 Å². The van der Waals surface area contributed by atoms with Crippen LogP contribution in [-0.4, -0.2) is 43.0 Å². The molecule has 3 amide bonds. The Bertz CT molecular complexity index is 1180. The quantitative estimate of drug-likeness (QED) is 0.473. The number of rotatable bonds is 7. The Morgan fingerprint density at radius 3 is 2.08 bits per heavy atom. The van der Waals surface area contributed by atoms with Crippen molar-refractivity contribution in [2.24, 2.45) is 5.41 Å². The van der Waals surface area contributed by atoms with Crippen LogP contribution in [0.2, 0.25) is 0 Å². The van der Waals surface area contributed by atoms with E-state index < -0.39 is 36.3 Å². The molecule has 3 N–H and O–H groups in total. The molecule has 194 valence electrons. The molecule has 0 atom stereocenters. The van der Waals surface area contributed by atoms with Gasteiger partial charge in [-0.3, -0.25) is 14.4 Å². The molecular formula is C26H29F4N3O3. The number of alkyl halides is 3. The summed E-state index contributed by atoms with van der Waals surface area (Å²) in [5, 5.41) is 7.29. The molecule has 1 saturated carbocycles. The van der Waals surface area contributed by atoms with E-state index in [1.165, 1.54) is 31.2 Å². The summed E-state index contributed by atoms with van der Waals surface area (Å²) in [5.41, 5.74) is -0.0277. The number of benzene rings is 2. The van der Waals surface area contributed by atoms with E-state index in [-0.39, 0.29) is 44.8 Å². The van der Waals surface area contributed by atoms with Crippen LogP contribution < -0.4 is 16.0 Å². The second kappa shape index (κ2) is 10.3. The monoisotopic (exact) mass is 507 g/mol. The van der Waals surface area contributed by atoms with Crippen LogP contribution in [0.5, 0.6) is 0 Å². The van der Waals surface area contributed by atoms with Gasteiger partial charge < -0.3 is 16.0 Å². The van der Waals surface area contributed by atoms with Gasteiger partial charge in [-0.05, 0) is 66.1 Å². The number of carbonyl (C=O) groups is 3. The molecule has 1 aliphatic carbocycles. The predicted octanol–water partition coefficient (Wildman–Crippen LogP) is 4.76. The van der Waals surface area contributed by atoms with E-state index in [9.17, 15) is 31.9 Å². The topological polar surface area (TPSA) is 87.3 Å². The lowest BCUT2D eigenvalue weighted by molar-refractivity contribution is -0.123. The molecule has 0 aliphatic heterocycles. The molecule has 2 aromatic carbocycles. The largest absolute Gasteiger partial charge is 0.405 e. The fraction of sp³-hybridized carbons (Fsp3) is 0.423. The summed E-state index contributed by atoms with van der Waals surface area (Å²) in [6.45, 7) is 5.92. The third-order valence-electron chi connectivity index (χ3n) is 5.56. The van der Waals surface area contributed by atoms with Crippen molar-refractivity contribution in [1.82, 2.24) is 16.0 Å². The van der Waals surface area contributed by atoms with Gasteiger partial charge in [0.1, 0.15) is 12.4 Å². The van der Waals surface area contributed by atoms with Gasteiger partial charge in [0.15, 0.2) is 0 Å². The molecule has 0 heterocycles. The third kappa shape index (κ3) is 7.29. The van der Waals surface area contributed by atoms with Crippen molar-refractivity contribution in [2.75, 3.05) is 13.1 Å². The summed E-state index contributed by atoms with van der Waals surface area (Å²) >= 11 is 0. The summed E-state index contributed by atoms with van der Waals surface area (Å²) in [6, 6.07) is 6.45. The average molecular weight is 508 g/mol.